The zero-order valence-electron chi connectivity index (χ0n) is 13.2. The second kappa shape index (κ2) is 6.94. The molecule has 0 spiro atoms. The number of hydrogen-bond acceptors (Lipinski definition) is 10. The highest BCUT2D eigenvalue weighted by atomic mass is 33.1. The predicted molar refractivity (Wildman–Crippen MR) is 91.5 cm³/mol. The Hall–Kier alpha value is -1.24. The number of rotatable bonds is 5. The highest BCUT2D eigenvalue weighted by Gasteiger charge is 2.21. The lowest BCUT2D eigenvalue weighted by molar-refractivity contribution is 0.592. The third-order valence-corrected chi connectivity index (χ3v) is 7.26. The lowest BCUT2D eigenvalue weighted by Crippen LogP contribution is -2.06. The maximum atomic E-state index is 11.9. The quantitative estimate of drug-likeness (QED) is 0.533. The Balaban J connectivity index is 2.40. The molecule has 2 rings (SSSR count). The normalized spacial score (nSPS) is 12.3. The van der Waals surface area contributed by atoms with E-state index in [4.69, 9.17) is 0 Å². The molecular formula is C12H14N4O4S4. The number of aryl methyl sites for hydroxylation is 2. The molecule has 0 aromatic carbocycles. The van der Waals surface area contributed by atoms with Crippen molar-refractivity contribution in [1.82, 2.24) is 19.9 Å². The van der Waals surface area contributed by atoms with Gasteiger partial charge in [-0.1, -0.05) is 0 Å². The van der Waals surface area contributed by atoms with Crippen LogP contribution in [-0.2, 0) is 19.7 Å². The standard InChI is InChI=1S/C12H14N4O4S4/c1-7-13-5-9(11(15-7)23(3,17)18)21-22-10-6-14-8(2)16-12(10)24(4,19)20/h5-6H,1-4H3. The highest BCUT2D eigenvalue weighted by Crippen LogP contribution is 2.41. The molecule has 0 atom stereocenters. The lowest BCUT2D eigenvalue weighted by Gasteiger charge is -2.08. The van der Waals surface area contributed by atoms with Crippen LogP contribution in [0.25, 0.3) is 0 Å². The molecule has 12 heteroatoms. The first-order valence-electron chi connectivity index (χ1n) is 6.40. The smallest absolute Gasteiger partial charge is 0.194 e. The summed E-state index contributed by atoms with van der Waals surface area (Å²) in [4.78, 5) is 16.5. The van der Waals surface area contributed by atoms with Gasteiger partial charge in [-0.05, 0) is 35.4 Å². The van der Waals surface area contributed by atoms with Crippen molar-refractivity contribution in [2.75, 3.05) is 12.5 Å². The van der Waals surface area contributed by atoms with Crippen molar-refractivity contribution < 1.29 is 16.8 Å². The van der Waals surface area contributed by atoms with Crippen LogP contribution in [0.3, 0.4) is 0 Å². The minimum atomic E-state index is -3.54. The Kier molecular flexibility index (Phi) is 5.52. The third kappa shape index (κ3) is 4.65. The fourth-order valence-electron chi connectivity index (χ4n) is 1.61. The molecule has 2 aromatic rings. The number of nitrogens with zero attached hydrogens (tertiary/aromatic N) is 4. The van der Waals surface area contributed by atoms with Gasteiger partial charge in [0.2, 0.25) is 0 Å². The molecule has 24 heavy (non-hydrogen) atoms. The van der Waals surface area contributed by atoms with Gasteiger partial charge < -0.3 is 0 Å². The van der Waals surface area contributed by atoms with Crippen LogP contribution in [0.1, 0.15) is 11.6 Å². The third-order valence-electron chi connectivity index (χ3n) is 2.61. The van der Waals surface area contributed by atoms with E-state index in [0.717, 1.165) is 34.1 Å². The van der Waals surface area contributed by atoms with Crippen molar-refractivity contribution in [3.63, 3.8) is 0 Å². The molecule has 0 aliphatic rings. The van der Waals surface area contributed by atoms with Crippen molar-refractivity contribution in [1.29, 1.82) is 0 Å². The van der Waals surface area contributed by atoms with Gasteiger partial charge in [0.25, 0.3) is 0 Å². The second-order valence-electron chi connectivity index (χ2n) is 4.88. The van der Waals surface area contributed by atoms with Crippen LogP contribution in [-0.4, -0.2) is 49.3 Å². The summed E-state index contributed by atoms with van der Waals surface area (Å²) in [6, 6.07) is 0. The molecule has 130 valence electrons. The minimum absolute atomic E-state index is 0.0959. The summed E-state index contributed by atoms with van der Waals surface area (Å²) < 4.78 is 47.4. The summed E-state index contributed by atoms with van der Waals surface area (Å²) in [5.74, 6) is 0.667. The summed E-state index contributed by atoms with van der Waals surface area (Å²) in [7, 11) is -5.00. The molecule has 0 amide bonds. The van der Waals surface area contributed by atoms with Gasteiger partial charge in [-0.3, -0.25) is 0 Å². The van der Waals surface area contributed by atoms with E-state index in [-0.39, 0.29) is 10.1 Å². The van der Waals surface area contributed by atoms with Gasteiger partial charge in [0, 0.05) is 24.9 Å². The first kappa shape index (κ1) is 19.1. The predicted octanol–water partition coefficient (Wildman–Crippen LogP) is 1.49. The number of hydrogen-bond donors (Lipinski definition) is 0. The maximum absolute atomic E-state index is 11.9. The van der Waals surface area contributed by atoms with Gasteiger partial charge >= 0.3 is 0 Å². The van der Waals surface area contributed by atoms with Crippen molar-refractivity contribution in [2.45, 2.75) is 33.7 Å². The van der Waals surface area contributed by atoms with E-state index in [9.17, 15) is 16.8 Å². The van der Waals surface area contributed by atoms with Gasteiger partial charge in [-0.2, -0.15) is 0 Å². The van der Waals surface area contributed by atoms with Gasteiger partial charge in [0.1, 0.15) is 11.6 Å². The largest absolute Gasteiger partial charge is 0.240 e. The average molecular weight is 407 g/mol. The van der Waals surface area contributed by atoms with Gasteiger partial charge in [0.05, 0.1) is 9.79 Å². The summed E-state index contributed by atoms with van der Waals surface area (Å²) in [6.45, 7) is 3.18. The molecule has 2 aromatic heterocycles. The summed E-state index contributed by atoms with van der Waals surface area (Å²) in [5, 5.41) is -0.192. The zero-order chi connectivity index (χ0) is 18.1. The SMILES string of the molecule is Cc1ncc(SSc2cnc(C)nc2S(C)(=O)=O)c(S(C)(=O)=O)n1. The van der Waals surface area contributed by atoms with Crippen molar-refractivity contribution in [3.05, 3.63) is 24.0 Å². The van der Waals surface area contributed by atoms with Crippen molar-refractivity contribution in [2.24, 2.45) is 0 Å². The molecule has 0 radical (unpaired) electrons. The summed E-state index contributed by atoms with van der Waals surface area (Å²) in [6.07, 6.45) is 4.90. The van der Waals surface area contributed by atoms with E-state index in [2.05, 4.69) is 19.9 Å². The van der Waals surface area contributed by atoms with Crippen LogP contribution >= 0.6 is 21.6 Å². The van der Waals surface area contributed by atoms with Crippen LogP contribution in [0.2, 0.25) is 0 Å². The number of sulfone groups is 2. The Morgan fingerprint density at radius 2 is 1.08 bits per heavy atom. The molecule has 8 nitrogen and oxygen atoms in total. The Labute approximate surface area is 148 Å². The lowest BCUT2D eigenvalue weighted by atomic mass is 10.6. The molecule has 0 bridgehead atoms. The molecule has 0 aliphatic carbocycles. The molecule has 0 saturated carbocycles. The monoisotopic (exact) mass is 406 g/mol. The van der Waals surface area contributed by atoms with E-state index < -0.39 is 19.7 Å². The topological polar surface area (TPSA) is 120 Å². The van der Waals surface area contributed by atoms with Crippen molar-refractivity contribution in [3.8, 4) is 0 Å². The highest BCUT2D eigenvalue weighted by molar-refractivity contribution is 8.76. The molecule has 0 N–H and O–H groups in total. The second-order valence-corrected chi connectivity index (χ2v) is 11.0. The minimum Gasteiger partial charge on any atom is -0.240 e. The fraction of sp³-hybridized carbons (Fsp3) is 0.333. The van der Waals surface area contributed by atoms with Gasteiger partial charge in [-0.15, -0.1) is 0 Å². The maximum Gasteiger partial charge on any atom is 0.194 e. The number of aromatic nitrogens is 4. The molecular weight excluding hydrogens is 392 g/mol. The summed E-state index contributed by atoms with van der Waals surface area (Å²) >= 11 is 0. The van der Waals surface area contributed by atoms with E-state index in [1.54, 1.807) is 13.8 Å². The molecule has 2 heterocycles. The van der Waals surface area contributed by atoms with E-state index in [1.807, 2.05) is 0 Å². The van der Waals surface area contributed by atoms with Crippen LogP contribution in [0.5, 0.6) is 0 Å². The Morgan fingerprint density at radius 1 is 0.750 bits per heavy atom. The van der Waals surface area contributed by atoms with Gasteiger partial charge in [0.15, 0.2) is 29.7 Å². The Bertz CT molecular complexity index is 909. The molecule has 0 aliphatic heterocycles. The first-order chi connectivity index (χ1) is 11.0. The molecule has 0 unspecified atom stereocenters. The average Bonchev–Trinajstić information content (AvgIpc) is 2.45. The van der Waals surface area contributed by atoms with Crippen LogP contribution < -0.4 is 0 Å². The van der Waals surface area contributed by atoms with E-state index >= 15 is 0 Å². The van der Waals surface area contributed by atoms with Crippen LogP contribution in [0.4, 0.5) is 0 Å². The van der Waals surface area contributed by atoms with Crippen LogP contribution in [0, 0.1) is 13.8 Å². The van der Waals surface area contributed by atoms with Crippen LogP contribution in [0.15, 0.2) is 32.2 Å². The van der Waals surface area contributed by atoms with Gasteiger partial charge in [-0.25, -0.2) is 36.8 Å². The fourth-order valence-corrected chi connectivity index (χ4v) is 6.39. The van der Waals surface area contributed by atoms with E-state index in [1.165, 1.54) is 12.4 Å². The zero-order valence-corrected chi connectivity index (χ0v) is 16.5. The molecule has 0 saturated heterocycles. The van der Waals surface area contributed by atoms with Crippen molar-refractivity contribution >= 4 is 41.3 Å². The Morgan fingerprint density at radius 3 is 1.38 bits per heavy atom. The van der Waals surface area contributed by atoms with E-state index in [0.29, 0.717) is 21.4 Å². The molecule has 0 fully saturated rings. The first-order valence-corrected chi connectivity index (χ1v) is 12.3. The summed E-state index contributed by atoms with van der Waals surface area (Å²) in [5.41, 5.74) is 0.